The SMILES string of the molecule is CCc1nn(C)c(CCC(Br)COC)c1Br. The van der Waals surface area contributed by atoms with Gasteiger partial charge in [0.2, 0.25) is 0 Å². The van der Waals surface area contributed by atoms with Gasteiger partial charge in [0, 0.05) is 19.0 Å². The molecule has 0 aliphatic heterocycles. The molecular weight excluding hydrogens is 336 g/mol. The highest BCUT2D eigenvalue weighted by Crippen LogP contribution is 2.23. The summed E-state index contributed by atoms with van der Waals surface area (Å²) in [6, 6.07) is 0. The Morgan fingerprint density at radius 2 is 2.19 bits per heavy atom. The van der Waals surface area contributed by atoms with Gasteiger partial charge < -0.3 is 4.74 Å². The normalized spacial score (nSPS) is 13.1. The predicted octanol–water partition coefficient (Wildman–Crippen LogP) is 3.09. The molecule has 92 valence electrons. The second-order valence-corrected chi connectivity index (χ2v) is 5.86. The average Bonchev–Trinajstić information content (AvgIpc) is 2.52. The second kappa shape index (κ2) is 6.77. The Balaban J connectivity index is 2.63. The third-order valence-electron chi connectivity index (χ3n) is 2.54. The first kappa shape index (κ1) is 14.2. The Morgan fingerprint density at radius 1 is 1.50 bits per heavy atom. The molecular formula is C11H18Br2N2O. The zero-order valence-corrected chi connectivity index (χ0v) is 13.1. The van der Waals surface area contributed by atoms with E-state index in [1.807, 2.05) is 11.7 Å². The Labute approximate surface area is 114 Å². The summed E-state index contributed by atoms with van der Waals surface area (Å²) in [4.78, 5) is 0.407. The maximum atomic E-state index is 5.10. The third-order valence-corrected chi connectivity index (χ3v) is 4.18. The molecule has 1 atom stereocenters. The predicted molar refractivity (Wildman–Crippen MR) is 73.2 cm³/mol. The molecule has 5 heteroatoms. The van der Waals surface area contributed by atoms with Crippen molar-refractivity contribution in [2.45, 2.75) is 31.0 Å². The van der Waals surface area contributed by atoms with Crippen molar-refractivity contribution in [3.63, 3.8) is 0 Å². The lowest BCUT2D eigenvalue weighted by molar-refractivity contribution is 0.198. The number of aromatic nitrogens is 2. The molecule has 0 bridgehead atoms. The summed E-state index contributed by atoms with van der Waals surface area (Å²) in [6.45, 7) is 2.87. The lowest BCUT2D eigenvalue weighted by atomic mass is 10.2. The summed E-state index contributed by atoms with van der Waals surface area (Å²) in [5.74, 6) is 0. The van der Waals surface area contributed by atoms with Crippen molar-refractivity contribution in [3.8, 4) is 0 Å². The molecule has 16 heavy (non-hydrogen) atoms. The highest BCUT2D eigenvalue weighted by atomic mass is 79.9. The van der Waals surface area contributed by atoms with E-state index in [-0.39, 0.29) is 0 Å². The third kappa shape index (κ3) is 3.57. The van der Waals surface area contributed by atoms with Crippen LogP contribution in [-0.2, 0) is 24.6 Å². The number of rotatable bonds is 6. The molecule has 0 aliphatic rings. The van der Waals surface area contributed by atoms with Crippen molar-refractivity contribution >= 4 is 31.9 Å². The molecule has 1 unspecified atom stereocenters. The van der Waals surface area contributed by atoms with Gasteiger partial charge in [0.15, 0.2) is 0 Å². The zero-order chi connectivity index (χ0) is 12.1. The summed E-state index contributed by atoms with van der Waals surface area (Å²) in [5, 5.41) is 4.48. The standard InChI is InChI=1S/C11H18Br2N2O/c1-4-9-11(13)10(15(2)14-9)6-5-8(12)7-16-3/h8H,4-7H2,1-3H3. The van der Waals surface area contributed by atoms with Crippen molar-refractivity contribution in [1.29, 1.82) is 0 Å². The van der Waals surface area contributed by atoms with Gasteiger partial charge in [-0.15, -0.1) is 0 Å². The van der Waals surface area contributed by atoms with E-state index in [0.717, 1.165) is 36.0 Å². The van der Waals surface area contributed by atoms with Crippen molar-refractivity contribution < 1.29 is 4.74 Å². The van der Waals surface area contributed by atoms with Crippen LogP contribution in [0.25, 0.3) is 0 Å². The first-order chi connectivity index (χ1) is 7.60. The summed E-state index contributed by atoms with van der Waals surface area (Å²) >= 11 is 7.22. The van der Waals surface area contributed by atoms with Gasteiger partial charge in [0.1, 0.15) is 0 Å². The highest BCUT2D eigenvalue weighted by molar-refractivity contribution is 9.10. The Kier molecular flexibility index (Phi) is 6.00. The van der Waals surface area contributed by atoms with Crippen molar-refractivity contribution in [2.75, 3.05) is 13.7 Å². The lowest BCUT2D eigenvalue weighted by Crippen LogP contribution is -2.09. The molecule has 0 fully saturated rings. The summed E-state index contributed by atoms with van der Waals surface area (Å²) in [6.07, 6.45) is 3.02. The van der Waals surface area contributed by atoms with Crippen LogP contribution in [0.5, 0.6) is 0 Å². The van der Waals surface area contributed by atoms with E-state index in [1.165, 1.54) is 5.69 Å². The fourth-order valence-electron chi connectivity index (χ4n) is 1.65. The molecule has 1 aromatic heterocycles. The molecule has 0 amide bonds. The van der Waals surface area contributed by atoms with E-state index in [1.54, 1.807) is 7.11 Å². The van der Waals surface area contributed by atoms with E-state index in [4.69, 9.17) is 4.74 Å². The molecule has 3 nitrogen and oxygen atoms in total. The first-order valence-corrected chi connectivity index (χ1v) is 7.14. The summed E-state index contributed by atoms with van der Waals surface area (Å²) < 4.78 is 8.23. The quantitative estimate of drug-likeness (QED) is 0.735. The number of ether oxygens (including phenoxy) is 1. The smallest absolute Gasteiger partial charge is 0.0766 e. The Hall–Kier alpha value is 0.130. The fourth-order valence-corrected chi connectivity index (χ4v) is 2.96. The van der Waals surface area contributed by atoms with Gasteiger partial charge >= 0.3 is 0 Å². The first-order valence-electron chi connectivity index (χ1n) is 5.43. The fraction of sp³-hybridized carbons (Fsp3) is 0.727. The molecule has 0 aliphatic carbocycles. The van der Waals surface area contributed by atoms with Crippen LogP contribution in [0.15, 0.2) is 4.47 Å². The monoisotopic (exact) mass is 352 g/mol. The topological polar surface area (TPSA) is 27.1 Å². The number of nitrogens with zero attached hydrogens (tertiary/aromatic N) is 2. The number of hydrogen-bond donors (Lipinski definition) is 0. The van der Waals surface area contributed by atoms with Crippen molar-refractivity contribution in [3.05, 3.63) is 15.9 Å². The van der Waals surface area contributed by atoms with Crippen LogP contribution in [-0.4, -0.2) is 28.3 Å². The van der Waals surface area contributed by atoms with Crippen LogP contribution in [0.4, 0.5) is 0 Å². The molecule has 0 saturated carbocycles. The zero-order valence-electron chi connectivity index (χ0n) is 9.96. The van der Waals surface area contributed by atoms with Gasteiger partial charge in [-0.2, -0.15) is 5.10 Å². The highest BCUT2D eigenvalue weighted by Gasteiger charge is 2.13. The van der Waals surface area contributed by atoms with Crippen LogP contribution >= 0.6 is 31.9 Å². The number of hydrogen-bond acceptors (Lipinski definition) is 2. The van der Waals surface area contributed by atoms with Crippen LogP contribution in [0.1, 0.15) is 24.7 Å². The molecule has 0 aromatic carbocycles. The Bertz CT molecular complexity index is 339. The summed E-state index contributed by atoms with van der Waals surface area (Å²) in [7, 11) is 3.72. The van der Waals surface area contributed by atoms with E-state index in [0.29, 0.717) is 4.83 Å². The number of alkyl halides is 1. The van der Waals surface area contributed by atoms with E-state index in [2.05, 4.69) is 43.9 Å². The minimum Gasteiger partial charge on any atom is -0.384 e. The van der Waals surface area contributed by atoms with Crippen LogP contribution in [0.2, 0.25) is 0 Å². The molecule has 0 N–H and O–H groups in total. The Morgan fingerprint density at radius 3 is 2.69 bits per heavy atom. The van der Waals surface area contributed by atoms with E-state index >= 15 is 0 Å². The molecule has 0 radical (unpaired) electrons. The number of methoxy groups -OCH3 is 1. The minimum atomic E-state index is 0.407. The van der Waals surface area contributed by atoms with Crippen molar-refractivity contribution in [1.82, 2.24) is 9.78 Å². The van der Waals surface area contributed by atoms with Gasteiger partial charge in [-0.1, -0.05) is 22.9 Å². The van der Waals surface area contributed by atoms with Gasteiger partial charge in [-0.3, -0.25) is 4.68 Å². The van der Waals surface area contributed by atoms with Gasteiger partial charge in [-0.25, -0.2) is 0 Å². The van der Waals surface area contributed by atoms with Crippen LogP contribution < -0.4 is 0 Å². The van der Waals surface area contributed by atoms with Gasteiger partial charge in [-0.05, 0) is 35.2 Å². The maximum Gasteiger partial charge on any atom is 0.0766 e. The number of aryl methyl sites for hydroxylation is 2. The minimum absolute atomic E-state index is 0.407. The molecule has 1 heterocycles. The van der Waals surface area contributed by atoms with Crippen LogP contribution in [0, 0.1) is 0 Å². The average molecular weight is 354 g/mol. The second-order valence-electron chi connectivity index (χ2n) is 3.78. The lowest BCUT2D eigenvalue weighted by Gasteiger charge is -2.08. The van der Waals surface area contributed by atoms with Crippen molar-refractivity contribution in [2.24, 2.45) is 7.05 Å². The summed E-state index contributed by atoms with van der Waals surface area (Å²) in [5.41, 5.74) is 2.40. The molecule has 0 saturated heterocycles. The molecule has 1 rings (SSSR count). The van der Waals surface area contributed by atoms with E-state index in [9.17, 15) is 0 Å². The number of halogens is 2. The molecule has 0 spiro atoms. The largest absolute Gasteiger partial charge is 0.384 e. The van der Waals surface area contributed by atoms with Gasteiger partial charge in [0.05, 0.1) is 22.5 Å². The molecule has 1 aromatic rings. The van der Waals surface area contributed by atoms with Gasteiger partial charge in [0.25, 0.3) is 0 Å². The maximum absolute atomic E-state index is 5.10. The van der Waals surface area contributed by atoms with E-state index < -0.39 is 0 Å². The van der Waals surface area contributed by atoms with Crippen LogP contribution in [0.3, 0.4) is 0 Å².